The summed E-state index contributed by atoms with van der Waals surface area (Å²) in [6, 6.07) is 10.5. The lowest BCUT2D eigenvalue weighted by molar-refractivity contribution is 0.626. The minimum Gasteiger partial charge on any atom is -0.294 e. The highest BCUT2D eigenvalue weighted by molar-refractivity contribution is 14.1. The van der Waals surface area contributed by atoms with Crippen LogP contribution < -0.4 is 0 Å². The zero-order chi connectivity index (χ0) is 15.1. The van der Waals surface area contributed by atoms with Gasteiger partial charge in [-0.25, -0.2) is 9.37 Å². The molecule has 2 aromatic carbocycles. The van der Waals surface area contributed by atoms with Gasteiger partial charge in [0.05, 0.1) is 22.1 Å². The van der Waals surface area contributed by atoms with Crippen LogP contribution in [-0.2, 0) is 0 Å². The Labute approximate surface area is 148 Å². The molecule has 0 fully saturated rings. The molecule has 3 rings (SSSR count). The maximum Gasteiger partial charge on any atom is 0.132 e. The maximum absolute atomic E-state index is 13.6. The zero-order valence-corrected chi connectivity index (χ0v) is 15.4. The number of hydrogen-bond acceptors (Lipinski definition) is 1. The lowest BCUT2D eigenvalue weighted by atomic mass is 10.2. The van der Waals surface area contributed by atoms with Crippen molar-refractivity contribution in [1.29, 1.82) is 0 Å². The van der Waals surface area contributed by atoms with Gasteiger partial charge in [0.15, 0.2) is 0 Å². The third-order valence-electron chi connectivity index (χ3n) is 3.15. The quantitative estimate of drug-likeness (QED) is 0.334. The number of hydrogen-bond donors (Lipinski definition) is 0. The fourth-order valence-corrected chi connectivity index (χ4v) is 3.29. The predicted octanol–water partition coefficient (Wildman–Crippen LogP) is 5.83. The van der Waals surface area contributed by atoms with E-state index in [9.17, 15) is 4.39 Å². The van der Waals surface area contributed by atoms with Crippen LogP contribution in [0.3, 0.4) is 0 Å². The molecule has 0 radical (unpaired) electrons. The molecule has 1 atom stereocenters. The molecule has 0 saturated carbocycles. The highest BCUT2D eigenvalue weighted by atomic mass is 127. The Morgan fingerprint density at radius 3 is 2.76 bits per heavy atom. The Morgan fingerprint density at radius 2 is 2.05 bits per heavy atom. The normalized spacial score (nSPS) is 12.8. The molecule has 2 nitrogen and oxygen atoms in total. The molecule has 0 aliphatic rings. The molecule has 21 heavy (non-hydrogen) atoms. The van der Waals surface area contributed by atoms with E-state index in [0.717, 1.165) is 19.1 Å². The second-order valence-corrected chi connectivity index (χ2v) is 7.40. The fourth-order valence-electron chi connectivity index (χ4n) is 2.25. The first-order valence-corrected chi connectivity index (χ1v) is 8.55. The van der Waals surface area contributed by atoms with Crippen molar-refractivity contribution in [1.82, 2.24) is 9.55 Å². The molecular formula is C15H10BrClFIN2. The SMILES string of the molecule is CC(Cl)c1nc2cc(I)ccc2n1-c1cc(F)ccc1Br. The number of rotatable bonds is 2. The molecular weight excluding hydrogens is 469 g/mol. The molecule has 1 heterocycles. The van der Waals surface area contributed by atoms with Crippen molar-refractivity contribution >= 4 is 61.2 Å². The Bertz CT molecular complexity index is 832. The molecule has 0 N–H and O–H groups in total. The molecule has 0 bridgehead atoms. The molecule has 6 heteroatoms. The van der Waals surface area contributed by atoms with Crippen molar-refractivity contribution in [3.63, 3.8) is 0 Å². The molecule has 0 aliphatic carbocycles. The van der Waals surface area contributed by atoms with Crippen molar-refractivity contribution < 1.29 is 4.39 Å². The van der Waals surface area contributed by atoms with Crippen LogP contribution in [0.25, 0.3) is 16.7 Å². The van der Waals surface area contributed by atoms with E-state index in [1.165, 1.54) is 12.1 Å². The third kappa shape index (κ3) is 2.83. The summed E-state index contributed by atoms with van der Waals surface area (Å²) in [4.78, 5) is 4.60. The van der Waals surface area contributed by atoms with Crippen molar-refractivity contribution in [3.8, 4) is 5.69 Å². The average Bonchev–Trinajstić information content (AvgIpc) is 2.80. The number of benzene rings is 2. The Hall–Kier alpha value is -0.660. The van der Waals surface area contributed by atoms with E-state index in [4.69, 9.17) is 11.6 Å². The molecule has 0 saturated heterocycles. The first kappa shape index (κ1) is 15.2. The summed E-state index contributed by atoms with van der Waals surface area (Å²) in [6.07, 6.45) is 0. The van der Waals surface area contributed by atoms with Gasteiger partial charge in [0.2, 0.25) is 0 Å². The standard InChI is InChI=1S/C15H10BrClFIN2/c1-8(17)15-20-12-7-10(19)3-5-13(12)21(15)14-6-9(18)2-4-11(14)16/h2-8H,1H3. The average molecular weight is 480 g/mol. The third-order valence-corrected chi connectivity index (χ3v) is 4.68. The second kappa shape index (κ2) is 5.85. The monoisotopic (exact) mass is 478 g/mol. The lowest BCUT2D eigenvalue weighted by Gasteiger charge is -2.12. The molecule has 0 aliphatic heterocycles. The smallest absolute Gasteiger partial charge is 0.132 e. The summed E-state index contributed by atoms with van der Waals surface area (Å²) in [6.45, 7) is 1.86. The Balaban J connectivity index is 2.39. The van der Waals surface area contributed by atoms with Gasteiger partial charge in [0.25, 0.3) is 0 Å². The van der Waals surface area contributed by atoms with Crippen molar-refractivity contribution in [3.05, 3.63) is 56.1 Å². The highest BCUT2D eigenvalue weighted by Gasteiger charge is 2.18. The van der Waals surface area contributed by atoms with Crippen LogP contribution in [0.2, 0.25) is 0 Å². The van der Waals surface area contributed by atoms with E-state index in [1.807, 2.05) is 29.7 Å². The van der Waals surface area contributed by atoms with E-state index in [0.29, 0.717) is 11.5 Å². The van der Waals surface area contributed by atoms with E-state index in [-0.39, 0.29) is 11.2 Å². The lowest BCUT2D eigenvalue weighted by Crippen LogP contribution is -2.03. The number of nitrogens with zero attached hydrogens (tertiary/aromatic N) is 2. The van der Waals surface area contributed by atoms with Crippen LogP contribution in [0.4, 0.5) is 4.39 Å². The number of halogens is 4. The van der Waals surface area contributed by atoms with E-state index < -0.39 is 0 Å². The van der Waals surface area contributed by atoms with E-state index in [2.05, 4.69) is 43.5 Å². The van der Waals surface area contributed by atoms with Crippen LogP contribution in [0.15, 0.2) is 40.9 Å². The van der Waals surface area contributed by atoms with Crippen LogP contribution in [0.1, 0.15) is 18.1 Å². The molecule has 1 unspecified atom stereocenters. The van der Waals surface area contributed by atoms with Gasteiger partial charge in [-0.1, -0.05) is 0 Å². The summed E-state index contributed by atoms with van der Waals surface area (Å²) in [5.74, 6) is 0.397. The molecule has 3 aromatic rings. The van der Waals surface area contributed by atoms with Crippen molar-refractivity contribution in [2.24, 2.45) is 0 Å². The van der Waals surface area contributed by atoms with E-state index >= 15 is 0 Å². The fraction of sp³-hybridized carbons (Fsp3) is 0.133. The van der Waals surface area contributed by atoms with Crippen LogP contribution in [0, 0.1) is 9.39 Å². The van der Waals surface area contributed by atoms with Crippen LogP contribution >= 0.6 is 50.1 Å². The topological polar surface area (TPSA) is 17.8 Å². The number of fused-ring (bicyclic) bond motifs is 1. The number of alkyl halides is 1. The number of imidazole rings is 1. The maximum atomic E-state index is 13.6. The number of aromatic nitrogens is 2. The summed E-state index contributed by atoms with van der Waals surface area (Å²) < 4.78 is 17.4. The summed E-state index contributed by atoms with van der Waals surface area (Å²) in [5, 5.41) is -0.287. The van der Waals surface area contributed by atoms with Crippen LogP contribution in [0.5, 0.6) is 0 Å². The van der Waals surface area contributed by atoms with Gasteiger partial charge in [-0.2, -0.15) is 0 Å². The van der Waals surface area contributed by atoms with Crippen molar-refractivity contribution in [2.45, 2.75) is 12.3 Å². The molecule has 108 valence electrons. The van der Waals surface area contributed by atoms with Gasteiger partial charge in [0.1, 0.15) is 11.6 Å². The van der Waals surface area contributed by atoms with Gasteiger partial charge in [-0.05, 0) is 81.8 Å². The zero-order valence-electron chi connectivity index (χ0n) is 10.9. The van der Waals surface area contributed by atoms with E-state index in [1.54, 1.807) is 6.07 Å². The molecule has 0 amide bonds. The second-order valence-electron chi connectivity index (χ2n) is 4.65. The van der Waals surface area contributed by atoms with Gasteiger partial charge in [-0.15, -0.1) is 11.6 Å². The summed E-state index contributed by atoms with van der Waals surface area (Å²) in [7, 11) is 0. The van der Waals surface area contributed by atoms with Gasteiger partial charge < -0.3 is 0 Å². The Morgan fingerprint density at radius 1 is 1.29 bits per heavy atom. The van der Waals surface area contributed by atoms with Crippen molar-refractivity contribution in [2.75, 3.05) is 0 Å². The summed E-state index contributed by atoms with van der Waals surface area (Å²) >= 11 is 12.0. The Kier molecular flexibility index (Phi) is 4.25. The summed E-state index contributed by atoms with van der Waals surface area (Å²) in [5.41, 5.74) is 2.45. The minimum atomic E-state index is -0.297. The van der Waals surface area contributed by atoms with Gasteiger partial charge >= 0.3 is 0 Å². The molecule has 0 spiro atoms. The molecule has 1 aromatic heterocycles. The first-order chi connectivity index (χ1) is 9.97. The highest BCUT2D eigenvalue weighted by Crippen LogP contribution is 2.32. The predicted molar refractivity (Wildman–Crippen MR) is 95.7 cm³/mol. The van der Waals surface area contributed by atoms with Gasteiger partial charge in [-0.3, -0.25) is 4.57 Å². The first-order valence-electron chi connectivity index (χ1n) is 6.25. The van der Waals surface area contributed by atoms with Gasteiger partial charge in [0, 0.05) is 8.04 Å². The van der Waals surface area contributed by atoms with Crippen LogP contribution in [-0.4, -0.2) is 9.55 Å². The largest absolute Gasteiger partial charge is 0.294 e. The minimum absolute atomic E-state index is 0.287.